The van der Waals surface area contributed by atoms with E-state index in [-0.39, 0.29) is 16.7 Å². The van der Waals surface area contributed by atoms with Crippen LogP contribution in [0.2, 0.25) is 0 Å². The lowest BCUT2D eigenvalue weighted by molar-refractivity contribution is -0.121. The molecular weight excluding hydrogens is 362 g/mol. The number of aromatic nitrogens is 3. The molecule has 2 aromatic heterocycles. The van der Waals surface area contributed by atoms with Crippen LogP contribution in [0.4, 0.5) is 5.95 Å². The summed E-state index contributed by atoms with van der Waals surface area (Å²) in [6.45, 7) is 10.6. The molecule has 27 heavy (non-hydrogen) atoms. The number of carbonyl (C=O) groups is 1. The Bertz CT molecular complexity index is 750. The molecular formula is C19H29N5O2S. The minimum atomic E-state index is -0.262. The molecule has 148 valence electrons. The van der Waals surface area contributed by atoms with Gasteiger partial charge in [0.25, 0.3) is 0 Å². The third-order valence-electron chi connectivity index (χ3n) is 4.98. The maximum Gasteiger partial charge on any atom is 0.233 e. The second kappa shape index (κ2) is 8.37. The number of thioether (sulfide) groups is 1. The second-order valence-electron chi connectivity index (χ2n) is 7.63. The summed E-state index contributed by atoms with van der Waals surface area (Å²) in [5.41, 5.74) is -0.214. The van der Waals surface area contributed by atoms with Gasteiger partial charge in [-0.05, 0) is 52.2 Å². The van der Waals surface area contributed by atoms with E-state index in [1.54, 1.807) is 6.26 Å². The molecule has 0 aromatic carbocycles. The van der Waals surface area contributed by atoms with Crippen LogP contribution in [0.5, 0.6) is 0 Å². The van der Waals surface area contributed by atoms with Gasteiger partial charge in [0.05, 0.1) is 18.1 Å². The zero-order valence-corrected chi connectivity index (χ0v) is 17.4. The third-order valence-corrected chi connectivity index (χ3v) is 6.06. The highest BCUT2D eigenvalue weighted by atomic mass is 32.2. The van der Waals surface area contributed by atoms with Crippen LogP contribution in [0.15, 0.2) is 28.0 Å². The molecule has 1 unspecified atom stereocenters. The molecule has 1 N–H and O–H groups in total. The van der Waals surface area contributed by atoms with Crippen LogP contribution in [-0.2, 0) is 11.3 Å². The van der Waals surface area contributed by atoms with Gasteiger partial charge >= 0.3 is 0 Å². The predicted octanol–water partition coefficient (Wildman–Crippen LogP) is 3.31. The molecule has 1 aliphatic heterocycles. The van der Waals surface area contributed by atoms with Crippen molar-refractivity contribution >= 4 is 23.6 Å². The van der Waals surface area contributed by atoms with Crippen LogP contribution < -0.4 is 10.2 Å². The van der Waals surface area contributed by atoms with Crippen molar-refractivity contribution in [1.82, 2.24) is 20.1 Å². The first-order valence-electron chi connectivity index (χ1n) is 9.59. The lowest BCUT2D eigenvalue weighted by Crippen LogP contribution is -2.46. The zero-order chi connectivity index (χ0) is 19.4. The molecule has 7 nitrogen and oxygen atoms in total. The standard InChI is InChI=1S/C19H29N5O2S/c1-5-19(3,4)20-16(25)14(2)27-18-22-21-17(23-10-6-7-11-23)24(18)13-15-9-8-12-26-15/h8-9,12,14H,5-7,10-11,13H2,1-4H3,(H,20,25). The van der Waals surface area contributed by atoms with E-state index >= 15 is 0 Å². The Hall–Kier alpha value is -1.96. The Kier molecular flexibility index (Phi) is 6.14. The van der Waals surface area contributed by atoms with Gasteiger partial charge in [0.15, 0.2) is 5.16 Å². The Morgan fingerprint density at radius 1 is 1.37 bits per heavy atom. The van der Waals surface area contributed by atoms with Crippen molar-refractivity contribution in [3.63, 3.8) is 0 Å². The summed E-state index contributed by atoms with van der Waals surface area (Å²) in [6, 6.07) is 3.83. The molecule has 1 fully saturated rings. The molecule has 8 heteroatoms. The minimum absolute atomic E-state index is 0.0159. The van der Waals surface area contributed by atoms with Crippen molar-refractivity contribution < 1.29 is 9.21 Å². The van der Waals surface area contributed by atoms with Gasteiger partial charge in [-0.1, -0.05) is 18.7 Å². The van der Waals surface area contributed by atoms with Gasteiger partial charge in [0.1, 0.15) is 5.76 Å². The molecule has 0 saturated carbocycles. The number of rotatable bonds is 8. The topological polar surface area (TPSA) is 76.2 Å². The maximum absolute atomic E-state index is 12.6. The molecule has 3 heterocycles. The van der Waals surface area contributed by atoms with E-state index in [2.05, 4.69) is 31.9 Å². The van der Waals surface area contributed by atoms with E-state index in [1.165, 1.54) is 24.6 Å². The van der Waals surface area contributed by atoms with Gasteiger partial charge < -0.3 is 14.6 Å². The molecule has 0 radical (unpaired) electrons. The summed E-state index contributed by atoms with van der Waals surface area (Å²) in [5, 5.41) is 12.4. The number of hydrogen-bond acceptors (Lipinski definition) is 6. The lowest BCUT2D eigenvalue weighted by Gasteiger charge is -2.26. The van der Waals surface area contributed by atoms with Crippen molar-refractivity contribution in [3.8, 4) is 0 Å². The SMILES string of the molecule is CCC(C)(C)NC(=O)C(C)Sc1nnc(N2CCCC2)n1Cc1ccco1. The quantitative estimate of drug-likeness (QED) is 0.696. The Morgan fingerprint density at radius 2 is 2.11 bits per heavy atom. The van der Waals surface area contributed by atoms with Crippen molar-refractivity contribution in [2.24, 2.45) is 0 Å². The van der Waals surface area contributed by atoms with Gasteiger partial charge in [0, 0.05) is 18.6 Å². The first-order valence-corrected chi connectivity index (χ1v) is 10.5. The first kappa shape index (κ1) is 19.8. The molecule has 1 aliphatic rings. The molecule has 0 aliphatic carbocycles. The van der Waals surface area contributed by atoms with E-state index in [4.69, 9.17) is 4.42 Å². The van der Waals surface area contributed by atoms with E-state index in [0.717, 1.165) is 36.4 Å². The van der Waals surface area contributed by atoms with Crippen LogP contribution >= 0.6 is 11.8 Å². The van der Waals surface area contributed by atoms with Crippen LogP contribution in [0.25, 0.3) is 0 Å². The Labute approximate surface area is 164 Å². The number of anilines is 1. The van der Waals surface area contributed by atoms with Crippen molar-refractivity contribution in [2.75, 3.05) is 18.0 Å². The number of carbonyl (C=O) groups excluding carboxylic acids is 1. The average Bonchev–Trinajstić information content (AvgIpc) is 3.37. The van der Waals surface area contributed by atoms with Crippen LogP contribution in [0.1, 0.15) is 52.7 Å². The molecule has 1 atom stereocenters. The van der Waals surface area contributed by atoms with E-state index in [1.807, 2.05) is 32.9 Å². The highest BCUT2D eigenvalue weighted by Crippen LogP contribution is 2.28. The monoisotopic (exact) mass is 391 g/mol. The third kappa shape index (κ3) is 4.86. The predicted molar refractivity (Wildman–Crippen MR) is 107 cm³/mol. The average molecular weight is 392 g/mol. The number of furan rings is 1. The molecule has 0 spiro atoms. The summed E-state index contributed by atoms with van der Waals surface area (Å²) in [5.74, 6) is 1.72. The number of hydrogen-bond donors (Lipinski definition) is 1. The number of amides is 1. The fourth-order valence-electron chi connectivity index (χ4n) is 2.95. The van der Waals surface area contributed by atoms with Gasteiger partial charge in [-0.15, -0.1) is 10.2 Å². The van der Waals surface area contributed by atoms with Crippen LogP contribution in [-0.4, -0.2) is 44.6 Å². The largest absolute Gasteiger partial charge is 0.467 e. The summed E-state index contributed by atoms with van der Waals surface area (Å²) < 4.78 is 7.59. The van der Waals surface area contributed by atoms with E-state index in [0.29, 0.717) is 6.54 Å². The first-order chi connectivity index (χ1) is 12.9. The smallest absolute Gasteiger partial charge is 0.233 e. The van der Waals surface area contributed by atoms with Gasteiger partial charge in [0.2, 0.25) is 11.9 Å². The fraction of sp³-hybridized carbons (Fsp3) is 0.632. The normalized spacial score (nSPS) is 15.9. The summed E-state index contributed by atoms with van der Waals surface area (Å²) in [6.07, 6.45) is 4.89. The van der Waals surface area contributed by atoms with Crippen molar-refractivity contribution in [2.45, 2.75) is 69.4 Å². The van der Waals surface area contributed by atoms with Crippen LogP contribution in [0, 0.1) is 0 Å². The fourth-order valence-corrected chi connectivity index (χ4v) is 3.79. The van der Waals surface area contributed by atoms with E-state index in [9.17, 15) is 4.79 Å². The maximum atomic E-state index is 12.6. The molecule has 1 saturated heterocycles. The summed E-state index contributed by atoms with van der Waals surface area (Å²) in [4.78, 5) is 14.8. The molecule has 1 amide bonds. The Morgan fingerprint density at radius 3 is 2.74 bits per heavy atom. The van der Waals surface area contributed by atoms with E-state index < -0.39 is 0 Å². The summed E-state index contributed by atoms with van der Waals surface area (Å²) >= 11 is 1.44. The van der Waals surface area contributed by atoms with Crippen LogP contribution in [0.3, 0.4) is 0 Å². The minimum Gasteiger partial charge on any atom is -0.467 e. The van der Waals surface area contributed by atoms with Gasteiger partial charge in [-0.3, -0.25) is 9.36 Å². The highest BCUT2D eigenvalue weighted by molar-refractivity contribution is 8.00. The second-order valence-corrected chi connectivity index (χ2v) is 8.94. The molecule has 2 aromatic rings. The lowest BCUT2D eigenvalue weighted by atomic mass is 10.0. The van der Waals surface area contributed by atoms with Crippen molar-refractivity contribution in [1.29, 1.82) is 0 Å². The number of nitrogens with zero attached hydrogens (tertiary/aromatic N) is 4. The molecule has 0 bridgehead atoms. The summed E-state index contributed by atoms with van der Waals surface area (Å²) in [7, 11) is 0. The van der Waals surface area contributed by atoms with Gasteiger partial charge in [-0.25, -0.2) is 0 Å². The Balaban J connectivity index is 1.78. The van der Waals surface area contributed by atoms with Gasteiger partial charge in [-0.2, -0.15) is 0 Å². The number of nitrogens with one attached hydrogen (secondary N) is 1. The van der Waals surface area contributed by atoms with Crippen molar-refractivity contribution in [3.05, 3.63) is 24.2 Å². The molecule has 3 rings (SSSR count). The highest BCUT2D eigenvalue weighted by Gasteiger charge is 2.27. The zero-order valence-electron chi connectivity index (χ0n) is 16.6.